The van der Waals surface area contributed by atoms with Gasteiger partial charge in [0.25, 0.3) is 0 Å². The van der Waals surface area contributed by atoms with Crippen molar-refractivity contribution in [3.63, 3.8) is 0 Å². The molecule has 8 aromatic heterocycles. The molecule has 16 rings (SSSR count). The van der Waals surface area contributed by atoms with Crippen molar-refractivity contribution >= 4 is 180 Å². The van der Waals surface area contributed by atoms with Crippen LogP contribution in [0.15, 0.2) is 194 Å². The summed E-state index contributed by atoms with van der Waals surface area (Å²) in [5.74, 6) is -3.53. The van der Waals surface area contributed by atoms with Crippen molar-refractivity contribution in [2.75, 3.05) is 46.2 Å². The minimum atomic E-state index is -4.86. The molecule has 0 unspecified atom stereocenters. The topological polar surface area (TPSA) is 341 Å². The van der Waals surface area contributed by atoms with Crippen LogP contribution >= 0.6 is 38.9 Å². The number of halogens is 8. The number of fused-ring (bicyclic) bond motifs is 4. The van der Waals surface area contributed by atoms with E-state index in [1.54, 1.807) is 88.5 Å². The van der Waals surface area contributed by atoms with Crippen LogP contribution in [0.25, 0.3) is 42.9 Å². The maximum atomic E-state index is 14.6. The van der Waals surface area contributed by atoms with E-state index in [-0.39, 0.29) is 93.3 Å². The zero-order chi connectivity index (χ0) is 84.8. The van der Waals surface area contributed by atoms with Crippen molar-refractivity contribution in [3.05, 3.63) is 227 Å². The smallest absolute Gasteiger partial charge is 0.354 e. The van der Waals surface area contributed by atoms with Crippen LogP contribution in [-0.4, -0.2) is 177 Å². The number of hydrogen-bond donors (Lipinski definition) is 5. The Balaban J connectivity index is 0.000000148. The number of thiazole rings is 1. The Morgan fingerprint density at radius 1 is 0.508 bits per heavy atom. The van der Waals surface area contributed by atoms with Crippen molar-refractivity contribution in [1.82, 2.24) is 68.3 Å². The highest BCUT2D eigenvalue weighted by atomic mass is 79.9. The minimum absolute atomic E-state index is 0.0120. The van der Waals surface area contributed by atoms with Crippen LogP contribution in [-0.2, 0) is 61.0 Å². The molecular formula is C83H71BrClF6N19O9S. The number of carbonyl (C=O) groups excluding carboxylic acids is 9. The fraction of sp³-hybridized carbons (Fsp3) is 0.241. The molecule has 11 heterocycles. The second kappa shape index (κ2) is 35.9. The van der Waals surface area contributed by atoms with Gasteiger partial charge in [0.15, 0.2) is 29.0 Å². The third-order valence-electron chi connectivity index (χ3n) is 20.2. The SMILES string of the molecule is CC(=O)c1cn(CC(=O)N2C[C@H](F)C[C@H]2C(=O)Cc2ccc3ncsc3c2)c2ccc(Nc3cccnc3)cc12.CC(=O)c1cn(CC(=O)N2C[C@H](F)C[C@H]2C(=O)Nc2cccc(Cl)c2C(F)(F)F)c2ccc(Nc3cncnc3)cc12.CC(=O)c1cn(CC(=O)N2C[C@H](F)C[C@H]2C(=O)Nc2cncc(Br)n2)c2ccc(Nc3cncnc3)cc12. The van der Waals surface area contributed by atoms with Gasteiger partial charge in [-0.2, -0.15) is 13.2 Å². The van der Waals surface area contributed by atoms with Crippen molar-refractivity contribution in [3.8, 4) is 0 Å². The summed E-state index contributed by atoms with van der Waals surface area (Å²) in [5, 5.41) is 15.6. The van der Waals surface area contributed by atoms with E-state index in [0.717, 1.165) is 44.2 Å². The van der Waals surface area contributed by atoms with Crippen LogP contribution < -0.4 is 26.6 Å². The third-order valence-corrected chi connectivity index (χ3v) is 21.7. The lowest BCUT2D eigenvalue weighted by atomic mass is 10.0. The molecule has 0 saturated carbocycles. The molecule has 5 aromatic carbocycles. The van der Waals surface area contributed by atoms with Crippen LogP contribution in [0, 0.1) is 0 Å². The Labute approximate surface area is 695 Å². The Morgan fingerprint density at radius 2 is 0.967 bits per heavy atom. The lowest BCUT2D eigenvalue weighted by Gasteiger charge is -2.25. The van der Waals surface area contributed by atoms with E-state index < -0.39 is 89.3 Å². The second-order valence-corrected chi connectivity index (χ2v) is 30.7. The number of likely N-dealkylation sites (tertiary alicyclic amines) is 3. The molecule has 0 spiro atoms. The van der Waals surface area contributed by atoms with Crippen LogP contribution in [0.3, 0.4) is 0 Å². The summed E-state index contributed by atoms with van der Waals surface area (Å²) in [6, 6.07) is 25.6. The molecule has 3 aliphatic heterocycles. The summed E-state index contributed by atoms with van der Waals surface area (Å²) in [6.07, 6.45) is 10.7. The summed E-state index contributed by atoms with van der Waals surface area (Å²) in [7, 11) is 0. The van der Waals surface area contributed by atoms with Gasteiger partial charge < -0.3 is 55.0 Å². The van der Waals surface area contributed by atoms with Crippen LogP contribution in [0.1, 0.15) is 82.2 Å². The normalized spacial score (nSPS) is 17.0. The van der Waals surface area contributed by atoms with E-state index in [0.29, 0.717) is 76.8 Å². The first-order valence-corrected chi connectivity index (χ1v) is 39.3. The molecule has 0 radical (unpaired) electrons. The maximum Gasteiger partial charge on any atom is 0.419 e. The number of nitrogens with zero attached hydrogens (tertiary/aromatic N) is 14. The zero-order valence-corrected chi connectivity index (χ0v) is 67.0. The molecule has 0 bridgehead atoms. The standard InChI is InChI=1S/C30H26FN5O3S.C28H23ClF4N6O3.C25H22BrFN8O3/c1-18(37)24-15-35(26-7-5-21(12-23(24)26)34-22-3-2-8-32-13-22)16-30(39)36-14-20(31)11-27(36)28(38)9-19-4-6-25-29(10-19)40-17-33-25;1-15(40)20-12-38(23-6-5-17(8-19(20)23)36-18-9-34-14-35-10-18)13-25(41)39-11-16(30)7-24(39)27(42)37-22-4-2-3-21(29)26(22)28(31,32)33;1-14(36)19-11-34(20-3-2-16(5-18(19)20)31-17-6-29-13-30-7-17)12-24(37)35-10-15(27)4-21(35)25(38)33-23-9-28-8-22(26)32-23/h2-8,10,12-13,15,17,20,27,34H,9,11,14,16H2,1H3;2-6,8-10,12,14,16,24,36H,7,11,13H2,1H3,(H,37,42);2-3,5-9,11,13,15,21,31H,4,10,12H2,1H3,(H,32,33,38)/t20-,27+;16-,24+;15-,21+/m111/s1. The van der Waals surface area contributed by atoms with Gasteiger partial charge in [-0.25, -0.2) is 43.1 Å². The van der Waals surface area contributed by atoms with Gasteiger partial charge in [-0.3, -0.25) is 53.1 Å². The van der Waals surface area contributed by atoms with Gasteiger partial charge in [-0.15, -0.1) is 11.3 Å². The molecule has 28 nitrogen and oxygen atoms in total. The lowest BCUT2D eigenvalue weighted by Crippen LogP contribution is -2.44. The van der Waals surface area contributed by atoms with Crippen LogP contribution in [0.5, 0.6) is 0 Å². The van der Waals surface area contributed by atoms with Crippen molar-refractivity contribution < 1.29 is 69.5 Å². The molecule has 5 N–H and O–H groups in total. The number of benzene rings is 5. The van der Waals surface area contributed by atoms with Crippen LogP contribution in [0.2, 0.25) is 5.02 Å². The number of rotatable bonds is 22. The van der Waals surface area contributed by atoms with E-state index in [1.807, 2.05) is 60.7 Å². The summed E-state index contributed by atoms with van der Waals surface area (Å²) in [5.41, 5.74) is 8.98. The van der Waals surface area contributed by atoms with Crippen molar-refractivity contribution in [2.24, 2.45) is 0 Å². The quantitative estimate of drug-likeness (QED) is 0.0311. The first-order chi connectivity index (χ1) is 57.5. The highest BCUT2D eigenvalue weighted by Gasteiger charge is 2.44. The van der Waals surface area contributed by atoms with Crippen LogP contribution in [0.4, 0.5) is 72.0 Å². The minimum Gasteiger partial charge on any atom is -0.354 e. The number of aromatic nitrogens is 11. The van der Waals surface area contributed by atoms with Crippen molar-refractivity contribution in [2.45, 2.75) is 109 Å². The molecule has 0 aliphatic carbocycles. The number of amides is 5. The fourth-order valence-corrected chi connectivity index (χ4v) is 16.1. The molecule has 120 heavy (non-hydrogen) atoms. The van der Waals surface area contributed by atoms with E-state index in [2.05, 4.69) is 82.4 Å². The second-order valence-electron chi connectivity index (χ2n) is 28.6. The summed E-state index contributed by atoms with van der Waals surface area (Å²) in [4.78, 5) is 153. The van der Waals surface area contributed by atoms with Gasteiger partial charge in [-0.1, -0.05) is 23.7 Å². The van der Waals surface area contributed by atoms with Gasteiger partial charge in [-0.05, 0) is 133 Å². The number of carbonyl (C=O) groups is 9. The predicted molar refractivity (Wildman–Crippen MR) is 441 cm³/mol. The monoisotopic (exact) mass is 1740 g/mol. The van der Waals surface area contributed by atoms with Gasteiger partial charge in [0.05, 0.1) is 118 Å². The highest BCUT2D eigenvalue weighted by Crippen LogP contribution is 2.41. The molecule has 5 amide bonds. The number of ketones is 4. The van der Waals surface area contributed by atoms with E-state index in [9.17, 15) is 69.5 Å². The van der Waals surface area contributed by atoms with Gasteiger partial charge in [0.1, 0.15) is 67.5 Å². The van der Waals surface area contributed by atoms with E-state index in [1.165, 1.54) is 83.8 Å². The first-order valence-electron chi connectivity index (χ1n) is 37.3. The molecule has 3 fully saturated rings. The summed E-state index contributed by atoms with van der Waals surface area (Å²) in [6.45, 7) is 2.95. The van der Waals surface area contributed by atoms with Gasteiger partial charge in [0, 0.05) is 117 Å². The van der Waals surface area contributed by atoms with E-state index >= 15 is 0 Å². The Morgan fingerprint density at radius 3 is 1.43 bits per heavy atom. The number of anilines is 8. The number of nitrogens with one attached hydrogen (secondary N) is 5. The Hall–Kier alpha value is -13.2. The summed E-state index contributed by atoms with van der Waals surface area (Å²) < 4.78 is 90.4. The zero-order valence-electron chi connectivity index (χ0n) is 63.8. The molecule has 6 atom stereocenters. The predicted octanol–water partition coefficient (Wildman–Crippen LogP) is 14.5. The molecule has 3 saturated heterocycles. The third kappa shape index (κ3) is 19.1. The maximum absolute atomic E-state index is 14.6. The lowest BCUT2D eigenvalue weighted by molar-refractivity contribution is -0.138. The molecular weight excluding hydrogens is 1670 g/mol. The summed E-state index contributed by atoms with van der Waals surface area (Å²) >= 11 is 10.4. The number of alkyl halides is 6. The average molecular weight is 1740 g/mol. The largest absolute Gasteiger partial charge is 0.419 e. The fourth-order valence-electron chi connectivity index (χ4n) is 14.8. The van der Waals surface area contributed by atoms with Crippen molar-refractivity contribution in [1.29, 1.82) is 0 Å². The average Bonchev–Trinajstić information content (AvgIpc) is 1.66. The molecule has 614 valence electrons. The molecule has 13 aromatic rings. The van der Waals surface area contributed by atoms with E-state index in [4.69, 9.17) is 11.6 Å². The molecule has 3 aliphatic rings. The number of Topliss-reactive ketones (excluding diaryl/α,β-unsaturated/α-hetero) is 4. The molecule has 37 heteroatoms. The van der Waals surface area contributed by atoms with Gasteiger partial charge in [0.2, 0.25) is 29.5 Å². The Bertz CT molecular complexity index is 6120. The Kier molecular flexibility index (Phi) is 24.9. The van der Waals surface area contributed by atoms with Gasteiger partial charge >= 0.3 is 6.18 Å². The number of hydrogen-bond acceptors (Lipinski definition) is 21. The number of pyridine rings is 1. The highest BCUT2D eigenvalue weighted by molar-refractivity contribution is 9.10. The first kappa shape index (κ1) is 83.3.